The Morgan fingerprint density at radius 1 is 1.44 bits per heavy atom. The van der Waals surface area contributed by atoms with Gasteiger partial charge in [0.1, 0.15) is 0 Å². The van der Waals surface area contributed by atoms with Crippen LogP contribution in [0, 0.1) is 11.3 Å². The van der Waals surface area contributed by atoms with Crippen LogP contribution in [-0.2, 0) is 20.8 Å². The second-order valence-electron chi connectivity index (χ2n) is 3.15. The Morgan fingerprint density at radius 3 is 2.38 bits per heavy atom. The molecule has 0 aliphatic carbocycles. The van der Waals surface area contributed by atoms with E-state index in [0.29, 0.717) is 28.4 Å². The molecule has 0 bridgehead atoms. The number of halogens is 2. The van der Waals surface area contributed by atoms with Crippen LogP contribution in [0.5, 0.6) is 0 Å². The van der Waals surface area contributed by atoms with Crippen LogP contribution in [0.4, 0.5) is 0 Å². The Hall–Kier alpha value is -0.570. The molecule has 0 saturated carbocycles. The maximum atomic E-state index is 11.2. The molecular weight excluding hydrogens is 314 g/mol. The number of benzene rings is 1. The summed E-state index contributed by atoms with van der Waals surface area (Å²) in [6.07, 6.45) is 0.586. The fraction of sp³-hybridized carbons (Fsp3) is 0.300. The third kappa shape index (κ3) is 2.76. The van der Waals surface area contributed by atoms with Gasteiger partial charge >= 0.3 is 0 Å². The van der Waals surface area contributed by atoms with Gasteiger partial charge in [-0.25, -0.2) is 8.42 Å². The van der Waals surface area contributed by atoms with Crippen LogP contribution in [0.1, 0.15) is 23.6 Å². The second kappa shape index (κ2) is 5.17. The van der Waals surface area contributed by atoms with Crippen molar-refractivity contribution in [3.05, 3.63) is 28.8 Å². The lowest BCUT2D eigenvalue weighted by Crippen LogP contribution is -1.99. The number of alkyl halides is 1. The average Bonchev–Trinajstić information content (AvgIpc) is 2.25. The van der Waals surface area contributed by atoms with Gasteiger partial charge in [-0.05, 0) is 29.7 Å². The van der Waals surface area contributed by atoms with Gasteiger partial charge in [0.05, 0.1) is 16.5 Å². The summed E-state index contributed by atoms with van der Waals surface area (Å²) < 4.78 is 22.5. The zero-order valence-electron chi connectivity index (χ0n) is 8.50. The van der Waals surface area contributed by atoms with Gasteiger partial charge in [-0.15, -0.1) is 0 Å². The maximum Gasteiger partial charge on any atom is 0.261 e. The molecule has 0 heterocycles. The SMILES string of the molecule is CCc1cc(S(=O)(=O)Cl)cc(CBr)c1C#N. The lowest BCUT2D eigenvalue weighted by atomic mass is 10.0. The largest absolute Gasteiger partial charge is 0.261 e. The van der Waals surface area contributed by atoms with Gasteiger partial charge in [0.2, 0.25) is 0 Å². The summed E-state index contributed by atoms with van der Waals surface area (Å²) >= 11 is 3.22. The smallest absolute Gasteiger partial charge is 0.207 e. The lowest BCUT2D eigenvalue weighted by Gasteiger charge is -2.08. The van der Waals surface area contributed by atoms with Gasteiger partial charge in [0, 0.05) is 16.0 Å². The Labute approximate surface area is 108 Å². The summed E-state index contributed by atoms with van der Waals surface area (Å²) in [5, 5.41) is 9.42. The zero-order chi connectivity index (χ0) is 12.3. The van der Waals surface area contributed by atoms with Crippen molar-refractivity contribution >= 4 is 35.7 Å². The molecule has 6 heteroatoms. The maximum absolute atomic E-state index is 11.2. The summed E-state index contributed by atoms with van der Waals surface area (Å²) in [5.74, 6) is 0. The highest BCUT2D eigenvalue weighted by Crippen LogP contribution is 2.25. The van der Waals surface area contributed by atoms with E-state index in [2.05, 4.69) is 22.0 Å². The van der Waals surface area contributed by atoms with Crippen LogP contribution < -0.4 is 0 Å². The summed E-state index contributed by atoms with van der Waals surface area (Å²) in [5.41, 5.74) is 1.85. The predicted molar refractivity (Wildman–Crippen MR) is 66.2 cm³/mol. The normalized spacial score (nSPS) is 11.1. The van der Waals surface area contributed by atoms with E-state index in [9.17, 15) is 8.42 Å². The summed E-state index contributed by atoms with van der Waals surface area (Å²) in [6, 6.07) is 4.95. The lowest BCUT2D eigenvalue weighted by molar-refractivity contribution is 0.609. The molecule has 0 atom stereocenters. The van der Waals surface area contributed by atoms with Crippen molar-refractivity contribution in [1.29, 1.82) is 5.26 Å². The highest BCUT2D eigenvalue weighted by molar-refractivity contribution is 9.08. The molecule has 86 valence electrons. The van der Waals surface area contributed by atoms with Crippen molar-refractivity contribution in [2.45, 2.75) is 23.6 Å². The third-order valence-electron chi connectivity index (χ3n) is 2.19. The Balaban J connectivity index is 3.58. The number of nitrogens with zero attached hydrogens (tertiary/aromatic N) is 1. The number of nitriles is 1. The molecule has 0 unspecified atom stereocenters. The van der Waals surface area contributed by atoms with Gasteiger partial charge in [-0.1, -0.05) is 22.9 Å². The van der Waals surface area contributed by atoms with Crippen molar-refractivity contribution < 1.29 is 8.42 Å². The molecule has 1 aromatic carbocycles. The van der Waals surface area contributed by atoms with E-state index < -0.39 is 9.05 Å². The average molecular weight is 323 g/mol. The first-order chi connectivity index (χ1) is 7.43. The first-order valence-electron chi connectivity index (χ1n) is 4.50. The molecule has 1 aromatic rings. The molecule has 0 aromatic heterocycles. The van der Waals surface area contributed by atoms with E-state index in [1.54, 1.807) is 0 Å². The highest BCUT2D eigenvalue weighted by atomic mass is 79.9. The van der Waals surface area contributed by atoms with E-state index >= 15 is 0 Å². The molecule has 0 amide bonds. The summed E-state index contributed by atoms with van der Waals surface area (Å²) in [7, 11) is 1.53. The third-order valence-corrected chi connectivity index (χ3v) is 4.13. The van der Waals surface area contributed by atoms with Gasteiger partial charge in [0.15, 0.2) is 0 Å². The predicted octanol–water partition coefficient (Wildman–Crippen LogP) is 2.94. The molecular formula is C10H9BrClNO2S. The minimum Gasteiger partial charge on any atom is -0.207 e. The van der Waals surface area contributed by atoms with Crippen LogP contribution in [0.3, 0.4) is 0 Å². The summed E-state index contributed by atoms with van der Waals surface area (Å²) in [6.45, 7) is 1.86. The number of aryl methyl sites for hydroxylation is 1. The fourth-order valence-corrected chi connectivity index (χ4v) is 2.68. The topological polar surface area (TPSA) is 57.9 Å². The Kier molecular flexibility index (Phi) is 4.36. The molecule has 16 heavy (non-hydrogen) atoms. The number of rotatable bonds is 3. The van der Waals surface area contributed by atoms with Crippen molar-refractivity contribution in [2.24, 2.45) is 0 Å². The monoisotopic (exact) mass is 321 g/mol. The highest BCUT2D eigenvalue weighted by Gasteiger charge is 2.16. The molecule has 1 rings (SSSR count). The van der Waals surface area contributed by atoms with Crippen LogP contribution in [-0.4, -0.2) is 8.42 Å². The quantitative estimate of drug-likeness (QED) is 0.635. The van der Waals surface area contributed by atoms with Crippen LogP contribution >= 0.6 is 26.6 Å². The van der Waals surface area contributed by atoms with E-state index in [-0.39, 0.29) is 4.90 Å². The van der Waals surface area contributed by atoms with E-state index in [4.69, 9.17) is 15.9 Å². The van der Waals surface area contributed by atoms with E-state index in [0.717, 1.165) is 0 Å². The van der Waals surface area contributed by atoms with Crippen molar-refractivity contribution in [1.82, 2.24) is 0 Å². The van der Waals surface area contributed by atoms with E-state index in [1.807, 2.05) is 6.92 Å². The Morgan fingerprint density at radius 2 is 2.00 bits per heavy atom. The molecule has 0 aliphatic heterocycles. The summed E-state index contributed by atoms with van der Waals surface area (Å²) in [4.78, 5) is 0.0412. The van der Waals surface area contributed by atoms with Gasteiger partial charge in [-0.2, -0.15) is 5.26 Å². The van der Waals surface area contributed by atoms with E-state index in [1.165, 1.54) is 12.1 Å². The standard InChI is InChI=1S/C10H9BrClNO2S/c1-2-7-3-9(16(12,14)15)4-8(5-11)10(7)6-13/h3-4H,2,5H2,1H3. The molecule has 0 fully saturated rings. The van der Waals surface area contributed by atoms with Crippen LogP contribution in [0.15, 0.2) is 17.0 Å². The molecule has 0 N–H and O–H groups in total. The van der Waals surface area contributed by atoms with Gasteiger partial charge in [0.25, 0.3) is 9.05 Å². The molecule has 0 spiro atoms. The number of hydrogen-bond acceptors (Lipinski definition) is 3. The molecule has 0 radical (unpaired) electrons. The number of hydrogen-bond donors (Lipinski definition) is 0. The fourth-order valence-electron chi connectivity index (χ4n) is 1.40. The van der Waals surface area contributed by atoms with Gasteiger partial charge < -0.3 is 0 Å². The zero-order valence-corrected chi connectivity index (χ0v) is 11.7. The van der Waals surface area contributed by atoms with Crippen molar-refractivity contribution in [3.63, 3.8) is 0 Å². The van der Waals surface area contributed by atoms with Crippen LogP contribution in [0.2, 0.25) is 0 Å². The van der Waals surface area contributed by atoms with Gasteiger partial charge in [-0.3, -0.25) is 0 Å². The first-order valence-corrected chi connectivity index (χ1v) is 7.93. The minimum absolute atomic E-state index is 0.0412. The Bertz CT molecular complexity index is 523. The first kappa shape index (κ1) is 13.5. The molecule has 0 aliphatic rings. The minimum atomic E-state index is -3.75. The molecule has 3 nitrogen and oxygen atoms in total. The van der Waals surface area contributed by atoms with Crippen LogP contribution in [0.25, 0.3) is 0 Å². The molecule has 0 saturated heterocycles. The van der Waals surface area contributed by atoms with Crippen molar-refractivity contribution in [2.75, 3.05) is 0 Å². The second-order valence-corrected chi connectivity index (χ2v) is 6.28. The van der Waals surface area contributed by atoms with Crippen molar-refractivity contribution in [3.8, 4) is 6.07 Å².